The molecule has 40 valence electrons. The van der Waals surface area contributed by atoms with Crippen molar-refractivity contribution in [3.63, 3.8) is 0 Å². The maximum Gasteiger partial charge on any atom is 0.115 e. The normalized spacial score (nSPS) is 8.33. The van der Waals surface area contributed by atoms with E-state index in [9.17, 15) is 0 Å². The van der Waals surface area contributed by atoms with Crippen molar-refractivity contribution < 1.29 is 0 Å². The van der Waals surface area contributed by atoms with Crippen molar-refractivity contribution in [2.45, 2.75) is 0 Å². The molecule has 0 bridgehead atoms. The van der Waals surface area contributed by atoms with Crippen LogP contribution in [0, 0.1) is 11.3 Å². The van der Waals surface area contributed by atoms with Gasteiger partial charge in [0.15, 0.2) is 0 Å². The van der Waals surface area contributed by atoms with E-state index < -0.39 is 0 Å². The van der Waals surface area contributed by atoms with Gasteiger partial charge in [-0.2, -0.15) is 5.26 Å². The first-order chi connectivity index (χ1) is 4.34. The summed E-state index contributed by atoms with van der Waals surface area (Å²) in [4.78, 5) is 0. The zero-order valence-corrected chi connectivity index (χ0v) is 4.83. The van der Waals surface area contributed by atoms with Gasteiger partial charge in [0.1, 0.15) is 7.85 Å². The van der Waals surface area contributed by atoms with Gasteiger partial charge in [-0.25, -0.2) is 0 Å². The van der Waals surface area contributed by atoms with E-state index >= 15 is 0 Å². The zero-order chi connectivity index (χ0) is 6.69. The minimum Gasteiger partial charge on any atom is -0.192 e. The van der Waals surface area contributed by atoms with Crippen molar-refractivity contribution >= 4 is 13.3 Å². The molecule has 1 aromatic rings. The summed E-state index contributed by atoms with van der Waals surface area (Å²) in [5, 5.41) is 8.39. The molecule has 0 saturated carbocycles. The molecule has 9 heavy (non-hydrogen) atoms. The van der Waals surface area contributed by atoms with Crippen LogP contribution >= 0.6 is 0 Å². The summed E-state index contributed by atoms with van der Waals surface area (Å²) in [5.74, 6) is 0. The number of benzene rings is 1. The van der Waals surface area contributed by atoms with Crippen LogP contribution in [-0.2, 0) is 0 Å². The number of hydrogen-bond donors (Lipinski definition) is 0. The molecular weight excluding hydrogens is 109 g/mol. The lowest BCUT2D eigenvalue weighted by Gasteiger charge is -1.91. The largest absolute Gasteiger partial charge is 0.192 e. The van der Waals surface area contributed by atoms with Crippen LogP contribution in [0.4, 0.5) is 0 Å². The molecular formula is C7H4BN. The maximum atomic E-state index is 8.39. The standard InChI is InChI=1S/C7H4BN/c8-7-4-2-1-3-6(7)5-9/h1-4H. The molecule has 1 nitrogen and oxygen atoms in total. The number of nitrogens with zero attached hydrogens (tertiary/aromatic N) is 1. The summed E-state index contributed by atoms with van der Waals surface area (Å²) in [6.45, 7) is 0. The minimum atomic E-state index is 0.539. The fraction of sp³-hybridized carbons (Fsp3) is 0. The Bertz CT molecular complexity index is 249. The predicted octanol–water partition coefficient (Wildman–Crippen LogP) is 0.352. The third kappa shape index (κ3) is 1.11. The Kier molecular flexibility index (Phi) is 1.55. The molecule has 0 saturated heterocycles. The molecule has 0 unspecified atom stereocenters. The molecule has 2 heteroatoms. The van der Waals surface area contributed by atoms with Crippen LogP contribution in [0.2, 0.25) is 0 Å². The average Bonchev–Trinajstić information content (AvgIpc) is 1.89. The van der Waals surface area contributed by atoms with Gasteiger partial charge in [-0.1, -0.05) is 23.7 Å². The van der Waals surface area contributed by atoms with Crippen molar-refractivity contribution in [3.8, 4) is 6.07 Å². The molecule has 0 aliphatic carbocycles. The van der Waals surface area contributed by atoms with Crippen molar-refractivity contribution in [1.82, 2.24) is 0 Å². The first-order valence-corrected chi connectivity index (χ1v) is 2.59. The number of nitriles is 1. The van der Waals surface area contributed by atoms with Crippen LogP contribution in [0.25, 0.3) is 0 Å². The Hall–Kier alpha value is -1.23. The summed E-state index contributed by atoms with van der Waals surface area (Å²) in [6, 6.07) is 8.96. The highest BCUT2D eigenvalue weighted by atomic mass is 14.2. The van der Waals surface area contributed by atoms with E-state index in [-0.39, 0.29) is 0 Å². The molecule has 1 rings (SSSR count). The third-order valence-corrected chi connectivity index (χ3v) is 1.08. The third-order valence-electron chi connectivity index (χ3n) is 1.08. The summed E-state index contributed by atoms with van der Waals surface area (Å²) in [7, 11) is 5.41. The summed E-state index contributed by atoms with van der Waals surface area (Å²) < 4.78 is 0. The Morgan fingerprint density at radius 2 is 2.00 bits per heavy atom. The van der Waals surface area contributed by atoms with E-state index in [2.05, 4.69) is 0 Å². The molecule has 0 spiro atoms. The topological polar surface area (TPSA) is 23.8 Å². The monoisotopic (exact) mass is 113 g/mol. The van der Waals surface area contributed by atoms with Crippen LogP contribution in [0.15, 0.2) is 24.3 Å². The van der Waals surface area contributed by atoms with Crippen LogP contribution in [0.1, 0.15) is 5.56 Å². The first kappa shape index (κ1) is 5.90. The van der Waals surface area contributed by atoms with E-state index in [1.54, 1.807) is 24.3 Å². The van der Waals surface area contributed by atoms with Crippen LogP contribution in [0.3, 0.4) is 0 Å². The van der Waals surface area contributed by atoms with Crippen molar-refractivity contribution in [1.29, 1.82) is 5.26 Å². The fourth-order valence-corrected chi connectivity index (χ4v) is 0.599. The second kappa shape index (κ2) is 2.36. The fourth-order valence-electron chi connectivity index (χ4n) is 0.599. The van der Waals surface area contributed by atoms with Gasteiger partial charge in [0.05, 0.1) is 6.07 Å². The number of rotatable bonds is 0. The summed E-state index contributed by atoms with van der Waals surface area (Å²) in [5.41, 5.74) is 1.08. The maximum absolute atomic E-state index is 8.39. The summed E-state index contributed by atoms with van der Waals surface area (Å²) >= 11 is 0. The van der Waals surface area contributed by atoms with E-state index in [1.165, 1.54) is 0 Å². The lowest BCUT2D eigenvalue weighted by atomic mass is 9.91. The van der Waals surface area contributed by atoms with Crippen molar-refractivity contribution in [3.05, 3.63) is 29.8 Å². The van der Waals surface area contributed by atoms with E-state index in [0.29, 0.717) is 11.0 Å². The van der Waals surface area contributed by atoms with Gasteiger partial charge in [-0.3, -0.25) is 0 Å². The first-order valence-electron chi connectivity index (χ1n) is 2.59. The molecule has 0 N–H and O–H groups in total. The van der Waals surface area contributed by atoms with E-state index in [1.807, 2.05) is 6.07 Å². The molecule has 0 aliphatic rings. The van der Waals surface area contributed by atoms with Crippen molar-refractivity contribution in [2.24, 2.45) is 0 Å². The second-order valence-corrected chi connectivity index (χ2v) is 1.70. The average molecular weight is 113 g/mol. The molecule has 0 heterocycles. The van der Waals surface area contributed by atoms with Gasteiger partial charge in [0.25, 0.3) is 0 Å². The molecule has 0 atom stereocenters. The van der Waals surface area contributed by atoms with E-state index in [0.717, 1.165) is 0 Å². The van der Waals surface area contributed by atoms with Gasteiger partial charge < -0.3 is 0 Å². The molecule has 0 amide bonds. The highest BCUT2D eigenvalue weighted by Gasteiger charge is 1.89. The molecule has 2 radical (unpaired) electrons. The Balaban J connectivity index is 3.20. The van der Waals surface area contributed by atoms with Crippen LogP contribution in [-0.4, -0.2) is 7.85 Å². The smallest absolute Gasteiger partial charge is 0.115 e. The van der Waals surface area contributed by atoms with Crippen LogP contribution < -0.4 is 5.46 Å². The summed E-state index contributed by atoms with van der Waals surface area (Å²) in [6.07, 6.45) is 0. The zero-order valence-electron chi connectivity index (χ0n) is 4.83. The predicted molar refractivity (Wildman–Crippen MR) is 36.5 cm³/mol. The van der Waals surface area contributed by atoms with Gasteiger partial charge >= 0.3 is 0 Å². The molecule has 0 fully saturated rings. The molecule has 0 aliphatic heterocycles. The van der Waals surface area contributed by atoms with E-state index in [4.69, 9.17) is 13.1 Å². The quantitative estimate of drug-likeness (QED) is 0.445. The Morgan fingerprint density at radius 1 is 1.33 bits per heavy atom. The second-order valence-electron chi connectivity index (χ2n) is 1.70. The van der Waals surface area contributed by atoms with Crippen LogP contribution in [0.5, 0.6) is 0 Å². The van der Waals surface area contributed by atoms with Gasteiger partial charge in [0.2, 0.25) is 0 Å². The number of hydrogen-bond acceptors (Lipinski definition) is 1. The highest BCUT2D eigenvalue weighted by molar-refractivity contribution is 6.33. The Morgan fingerprint density at radius 3 is 2.44 bits per heavy atom. The Labute approximate surface area is 55.3 Å². The SMILES string of the molecule is [B]c1ccccc1C#N. The van der Waals surface area contributed by atoms with Gasteiger partial charge in [-0.15, -0.1) is 0 Å². The molecule has 1 aromatic carbocycles. The lowest BCUT2D eigenvalue weighted by molar-refractivity contribution is 1.50. The minimum absolute atomic E-state index is 0.539. The highest BCUT2D eigenvalue weighted by Crippen LogP contribution is 1.89. The van der Waals surface area contributed by atoms with Crippen molar-refractivity contribution in [2.75, 3.05) is 0 Å². The lowest BCUT2D eigenvalue weighted by Crippen LogP contribution is -2.05. The van der Waals surface area contributed by atoms with Gasteiger partial charge in [0, 0.05) is 5.56 Å². The molecule has 0 aromatic heterocycles. The van der Waals surface area contributed by atoms with Gasteiger partial charge in [-0.05, 0) is 6.07 Å².